The second-order valence-electron chi connectivity index (χ2n) is 6.69. The number of fused-ring (bicyclic) bond motifs is 1. The first-order valence-corrected chi connectivity index (χ1v) is 7.83. The van der Waals surface area contributed by atoms with Crippen LogP contribution in [0, 0.1) is 12.8 Å². The van der Waals surface area contributed by atoms with Gasteiger partial charge in [0.1, 0.15) is 6.54 Å². The van der Waals surface area contributed by atoms with Crippen LogP contribution in [0.25, 0.3) is 0 Å². The smallest absolute Gasteiger partial charge is 0.262 e. The monoisotopic (exact) mass is 315 g/mol. The number of carbonyl (C=O) groups is 3. The summed E-state index contributed by atoms with van der Waals surface area (Å²) in [7, 11) is 0. The number of carbonyl (C=O) groups excluding carboxylic acids is 3. The van der Waals surface area contributed by atoms with Gasteiger partial charge in [0.05, 0.1) is 16.7 Å². The Balaban J connectivity index is 1.72. The second kappa shape index (κ2) is 5.45. The van der Waals surface area contributed by atoms with Crippen molar-refractivity contribution in [3.05, 3.63) is 34.9 Å². The van der Waals surface area contributed by atoms with Gasteiger partial charge in [-0.15, -0.1) is 0 Å². The summed E-state index contributed by atoms with van der Waals surface area (Å²) in [6, 6.07) is 5.10. The number of hydrogen-bond donors (Lipinski definition) is 2. The molecular weight excluding hydrogens is 294 g/mol. The van der Waals surface area contributed by atoms with Crippen molar-refractivity contribution in [2.24, 2.45) is 11.7 Å². The number of nitrogens with one attached hydrogen (secondary N) is 1. The molecule has 1 aliphatic heterocycles. The van der Waals surface area contributed by atoms with Crippen molar-refractivity contribution in [3.63, 3.8) is 0 Å². The molecule has 1 aromatic rings. The maximum absolute atomic E-state index is 12.4. The van der Waals surface area contributed by atoms with E-state index in [4.69, 9.17) is 5.73 Å². The molecule has 23 heavy (non-hydrogen) atoms. The van der Waals surface area contributed by atoms with E-state index in [1.54, 1.807) is 18.2 Å². The van der Waals surface area contributed by atoms with Crippen LogP contribution in [0.3, 0.4) is 0 Å². The maximum atomic E-state index is 12.4. The van der Waals surface area contributed by atoms with Gasteiger partial charge < -0.3 is 11.1 Å². The number of amides is 3. The Morgan fingerprint density at radius 3 is 2.57 bits per heavy atom. The molecule has 3 rings (SSSR count). The average Bonchev–Trinajstić information content (AvgIpc) is 3.33. The summed E-state index contributed by atoms with van der Waals surface area (Å²) < 4.78 is 0. The maximum Gasteiger partial charge on any atom is 0.262 e. The van der Waals surface area contributed by atoms with Crippen LogP contribution in [0.4, 0.5) is 0 Å². The summed E-state index contributed by atoms with van der Waals surface area (Å²) in [5.74, 6) is -0.803. The molecule has 0 bridgehead atoms. The zero-order chi connectivity index (χ0) is 16.8. The Morgan fingerprint density at radius 2 is 1.96 bits per heavy atom. The second-order valence-corrected chi connectivity index (χ2v) is 6.69. The molecule has 0 radical (unpaired) electrons. The van der Waals surface area contributed by atoms with Crippen molar-refractivity contribution in [2.75, 3.05) is 13.1 Å². The first kappa shape index (κ1) is 15.7. The van der Waals surface area contributed by atoms with Crippen LogP contribution in [-0.2, 0) is 4.79 Å². The third kappa shape index (κ3) is 2.74. The quantitative estimate of drug-likeness (QED) is 0.787. The predicted octanol–water partition coefficient (Wildman–Crippen LogP) is 0.835. The van der Waals surface area contributed by atoms with Gasteiger partial charge in [0.2, 0.25) is 5.91 Å². The topological polar surface area (TPSA) is 92.5 Å². The average molecular weight is 315 g/mol. The van der Waals surface area contributed by atoms with Gasteiger partial charge in [0, 0.05) is 6.54 Å². The van der Waals surface area contributed by atoms with Crippen LogP contribution in [0.1, 0.15) is 46.0 Å². The lowest BCUT2D eigenvalue weighted by atomic mass is 9.96. The molecule has 1 unspecified atom stereocenters. The Labute approximate surface area is 135 Å². The van der Waals surface area contributed by atoms with Crippen LogP contribution < -0.4 is 11.1 Å². The van der Waals surface area contributed by atoms with E-state index in [2.05, 4.69) is 5.32 Å². The third-order valence-electron chi connectivity index (χ3n) is 4.76. The number of nitrogens with zero attached hydrogens (tertiary/aromatic N) is 1. The van der Waals surface area contributed by atoms with E-state index in [1.165, 1.54) is 0 Å². The fourth-order valence-electron chi connectivity index (χ4n) is 3.09. The van der Waals surface area contributed by atoms with Gasteiger partial charge >= 0.3 is 0 Å². The standard InChI is InChI=1S/C17H21N3O3/c1-10-3-6-12-13(7-10)16(23)20(15(12)22)8-14(21)19-17(2,9-18)11-4-5-11/h3,6-7,11H,4-5,8-9,18H2,1-2H3,(H,19,21). The van der Waals surface area contributed by atoms with Gasteiger partial charge in [-0.1, -0.05) is 11.6 Å². The van der Waals surface area contributed by atoms with E-state index in [1.807, 2.05) is 13.8 Å². The Morgan fingerprint density at radius 1 is 1.30 bits per heavy atom. The fraction of sp³-hybridized carbons (Fsp3) is 0.471. The highest BCUT2D eigenvalue weighted by molar-refractivity contribution is 6.22. The van der Waals surface area contributed by atoms with Gasteiger partial charge in [-0.3, -0.25) is 19.3 Å². The minimum atomic E-state index is -0.466. The minimum absolute atomic E-state index is 0.270. The van der Waals surface area contributed by atoms with Crippen molar-refractivity contribution in [1.82, 2.24) is 10.2 Å². The lowest BCUT2D eigenvalue weighted by molar-refractivity contribution is -0.123. The van der Waals surface area contributed by atoms with E-state index in [0.717, 1.165) is 23.3 Å². The van der Waals surface area contributed by atoms with E-state index in [-0.39, 0.29) is 12.5 Å². The van der Waals surface area contributed by atoms with Crippen LogP contribution in [0.15, 0.2) is 18.2 Å². The fourth-order valence-corrected chi connectivity index (χ4v) is 3.09. The Bertz CT molecular complexity index is 696. The highest BCUT2D eigenvalue weighted by Gasteiger charge is 2.43. The van der Waals surface area contributed by atoms with E-state index >= 15 is 0 Å². The van der Waals surface area contributed by atoms with Crippen molar-refractivity contribution < 1.29 is 14.4 Å². The van der Waals surface area contributed by atoms with Crippen molar-refractivity contribution in [3.8, 4) is 0 Å². The summed E-state index contributed by atoms with van der Waals surface area (Å²) in [6.07, 6.45) is 2.08. The van der Waals surface area contributed by atoms with Crippen LogP contribution in [0.5, 0.6) is 0 Å². The summed E-state index contributed by atoms with van der Waals surface area (Å²) in [6.45, 7) is 3.84. The summed E-state index contributed by atoms with van der Waals surface area (Å²) in [5, 5.41) is 2.90. The van der Waals surface area contributed by atoms with Gasteiger partial charge in [-0.25, -0.2) is 0 Å². The SMILES string of the molecule is Cc1ccc2c(c1)C(=O)N(CC(=O)NC(C)(CN)C1CC1)C2=O. The molecule has 1 heterocycles. The summed E-state index contributed by atoms with van der Waals surface area (Å²) >= 11 is 0. The molecule has 2 aliphatic rings. The first-order chi connectivity index (χ1) is 10.9. The van der Waals surface area contributed by atoms with Gasteiger partial charge in [0.15, 0.2) is 0 Å². The molecule has 6 nitrogen and oxygen atoms in total. The van der Waals surface area contributed by atoms with E-state index in [0.29, 0.717) is 23.6 Å². The first-order valence-electron chi connectivity index (χ1n) is 7.83. The number of benzene rings is 1. The number of imide groups is 1. The molecule has 0 saturated heterocycles. The van der Waals surface area contributed by atoms with Crippen LogP contribution in [-0.4, -0.2) is 41.2 Å². The lowest BCUT2D eigenvalue weighted by Crippen LogP contribution is -2.55. The Hall–Kier alpha value is -2.21. The summed E-state index contributed by atoms with van der Waals surface area (Å²) in [4.78, 5) is 38.0. The predicted molar refractivity (Wildman–Crippen MR) is 84.9 cm³/mol. The molecular formula is C17H21N3O3. The minimum Gasteiger partial charge on any atom is -0.348 e. The zero-order valence-corrected chi connectivity index (χ0v) is 13.4. The molecule has 1 atom stereocenters. The largest absolute Gasteiger partial charge is 0.348 e. The van der Waals surface area contributed by atoms with Crippen molar-refractivity contribution >= 4 is 17.7 Å². The molecule has 0 aromatic heterocycles. The highest BCUT2D eigenvalue weighted by Crippen LogP contribution is 2.39. The number of nitrogens with two attached hydrogens (primary N) is 1. The molecule has 1 saturated carbocycles. The van der Waals surface area contributed by atoms with Crippen molar-refractivity contribution in [1.29, 1.82) is 0 Å². The molecule has 3 N–H and O–H groups in total. The van der Waals surface area contributed by atoms with Crippen LogP contribution in [0.2, 0.25) is 0 Å². The number of aryl methyl sites for hydroxylation is 1. The van der Waals surface area contributed by atoms with Crippen molar-refractivity contribution in [2.45, 2.75) is 32.2 Å². The van der Waals surface area contributed by atoms with Gasteiger partial charge in [-0.2, -0.15) is 0 Å². The normalized spacial score (nSPS) is 19.5. The molecule has 6 heteroatoms. The molecule has 1 aliphatic carbocycles. The molecule has 0 spiro atoms. The molecule has 3 amide bonds. The highest BCUT2D eigenvalue weighted by atomic mass is 16.2. The molecule has 1 aromatic carbocycles. The lowest BCUT2D eigenvalue weighted by Gasteiger charge is -2.30. The Kier molecular flexibility index (Phi) is 3.72. The van der Waals surface area contributed by atoms with E-state index < -0.39 is 17.4 Å². The van der Waals surface area contributed by atoms with E-state index in [9.17, 15) is 14.4 Å². The molecule has 1 fully saturated rings. The number of rotatable bonds is 5. The zero-order valence-electron chi connectivity index (χ0n) is 13.4. The van der Waals surface area contributed by atoms with Gasteiger partial charge in [0.25, 0.3) is 11.8 Å². The van der Waals surface area contributed by atoms with Gasteiger partial charge in [-0.05, 0) is 44.7 Å². The van der Waals surface area contributed by atoms with Crippen LogP contribution >= 0.6 is 0 Å². The number of hydrogen-bond acceptors (Lipinski definition) is 4. The third-order valence-corrected chi connectivity index (χ3v) is 4.76. The molecule has 122 valence electrons. The summed E-state index contributed by atoms with van der Waals surface area (Å²) in [5.41, 5.74) is 6.95.